The molecule has 0 atom stereocenters. The highest BCUT2D eigenvalue weighted by Crippen LogP contribution is 2.14. The number of aromatic nitrogens is 3. The van der Waals surface area contributed by atoms with Crippen LogP contribution in [0.1, 0.15) is 36.5 Å². The molecule has 8 nitrogen and oxygen atoms in total. The quantitative estimate of drug-likeness (QED) is 0.359. The van der Waals surface area contributed by atoms with Crippen molar-refractivity contribution in [3.05, 3.63) is 47.3 Å². The molecule has 1 aromatic carbocycles. The molecule has 1 aliphatic rings. The van der Waals surface area contributed by atoms with Gasteiger partial charge in [0.15, 0.2) is 11.8 Å². The molecule has 0 spiro atoms. The van der Waals surface area contributed by atoms with Gasteiger partial charge in [-0.3, -0.25) is 4.90 Å². The molecular formula is C22H34FN7O. The van der Waals surface area contributed by atoms with E-state index in [1.54, 1.807) is 7.11 Å². The number of halogens is 1. The summed E-state index contributed by atoms with van der Waals surface area (Å²) in [6.07, 6.45) is 2.97. The fourth-order valence-electron chi connectivity index (χ4n) is 3.59. The molecule has 1 aliphatic heterocycles. The molecule has 0 amide bonds. The topological polar surface area (TPSA) is 79.6 Å². The van der Waals surface area contributed by atoms with Gasteiger partial charge in [-0.1, -0.05) is 12.1 Å². The molecule has 2 N–H and O–H groups in total. The maximum atomic E-state index is 13.1. The normalized spacial score (nSPS) is 15.9. The van der Waals surface area contributed by atoms with Crippen molar-refractivity contribution in [1.29, 1.82) is 0 Å². The Balaban J connectivity index is 1.51. The molecule has 0 radical (unpaired) electrons. The summed E-state index contributed by atoms with van der Waals surface area (Å²) < 4.78 is 20.2. The molecule has 170 valence electrons. The Morgan fingerprint density at radius 2 is 1.97 bits per heavy atom. The zero-order chi connectivity index (χ0) is 22.1. The van der Waals surface area contributed by atoms with Gasteiger partial charge < -0.3 is 19.9 Å². The number of benzene rings is 1. The lowest BCUT2D eigenvalue weighted by Gasteiger charge is -2.33. The lowest BCUT2D eigenvalue weighted by Crippen LogP contribution is -2.48. The van der Waals surface area contributed by atoms with Gasteiger partial charge in [-0.25, -0.2) is 9.38 Å². The number of rotatable bonds is 9. The number of aryl methyl sites for hydroxylation is 1. The van der Waals surface area contributed by atoms with E-state index in [0.29, 0.717) is 19.2 Å². The Morgan fingerprint density at radius 3 is 2.61 bits per heavy atom. The van der Waals surface area contributed by atoms with Gasteiger partial charge in [0, 0.05) is 53.0 Å². The fourth-order valence-corrected chi connectivity index (χ4v) is 3.59. The van der Waals surface area contributed by atoms with Crippen LogP contribution in [0.5, 0.6) is 0 Å². The van der Waals surface area contributed by atoms with Crippen LogP contribution in [-0.2, 0) is 24.9 Å². The third kappa shape index (κ3) is 7.29. The molecule has 2 heterocycles. The third-order valence-electron chi connectivity index (χ3n) is 5.63. The zero-order valence-electron chi connectivity index (χ0n) is 18.8. The van der Waals surface area contributed by atoms with Crippen LogP contribution in [0.2, 0.25) is 0 Å². The first-order chi connectivity index (χ1) is 15.0. The molecule has 0 aliphatic carbocycles. The molecular weight excluding hydrogens is 397 g/mol. The van der Waals surface area contributed by atoms with Crippen LogP contribution in [0.4, 0.5) is 4.39 Å². The van der Waals surface area contributed by atoms with Gasteiger partial charge in [0.25, 0.3) is 0 Å². The average Bonchev–Trinajstić information content (AvgIpc) is 3.10. The number of nitrogens with one attached hydrogen (secondary N) is 2. The Kier molecular flexibility index (Phi) is 8.78. The van der Waals surface area contributed by atoms with E-state index >= 15 is 0 Å². The van der Waals surface area contributed by atoms with Crippen LogP contribution in [0, 0.1) is 12.7 Å². The molecule has 31 heavy (non-hydrogen) atoms. The minimum atomic E-state index is -0.187. The van der Waals surface area contributed by atoms with Crippen molar-refractivity contribution in [2.24, 2.45) is 12.0 Å². The smallest absolute Gasteiger partial charge is 0.191 e. The largest absolute Gasteiger partial charge is 0.385 e. The number of aliphatic imine (C=N–C) groups is 1. The van der Waals surface area contributed by atoms with Crippen molar-refractivity contribution >= 4 is 5.96 Å². The molecule has 0 bridgehead atoms. The van der Waals surface area contributed by atoms with E-state index in [4.69, 9.17) is 9.73 Å². The first-order valence-corrected chi connectivity index (χ1v) is 10.9. The summed E-state index contributed by atoms with van der Waals surface area (Å²) in [5.74, 6) is 2.33. The summed E-state index contributed by atoms with van der Waals surface area (Å²) in [5.41, 5.74) is 1.15. The van der Waals surface area contributed by atoms with Crippen LogP contribution in [0.15, 0.2) is 29.3 Å². The highest BCUT2D eigenvalue weighted by Gasteiger charge is 2.20. The first-order valence-electron chi connectivity index (χ1n) is 10.9. The summed E-state index contributed by atoms with van der Waals surface area (Å²) >= 11 is 0. The number of piperidine rings is 1. The minimum absolute atomic E-state index is 0.187. The van der Waals surface area contributed by atoms with Gasteiger partial charge in [0.2, 0.25) is 0 Å². The molecule has 1 saturated heterocycles. The predicted molar refractivity (Wildman–Crippen MR) is 119 cm³/mol. The van der Waals surface area contributed by atoms with E-state index in [2.05, 4.69) is 25.7 Å². The molecule has 0 saturated carbocycles. The highest BCUT2D eigenvalue weighted by atomic mass is 19.1. The Morgan fingerprint density at radius 1 is 1.23 bits per heavy atom. The maximum Gasteiger partial charge on any atom is 0.191 e. The van der Waals surface area contributed by atoms with E-state index in [0.717, 1.165) is 68.6 Å². The lowest BCUT2D eigenvalue weighted by molar-refractivity contribution is 0.194. The van der Waals surface area contributed by atoms with Crippen LogP contribution in [0.3, 0.4) is 0 Å². The van der Waals surface area contributed by atoms with Crippen LogP contribution < -0.4 is 10.6 Å². The average molecular weight is 432 g/mol. The fraction of sp³-hybridized carbons (Fsp3) is 0.591. The summed E-state index contributed by atoms with van der Waals surface area (Å²) in [4.78, 5) is 7.15. The number of methoxy groups -OCH3 is 1. The van der Waals surface area contributed by atoms with Crippen LogP contribution in [0.25, 0.3) is 0 Å². The first kappa shape index (κ1) is 23.1. The van der Waals surface area contributed by atoms with Gasteiger partial charge in [0.1, 0.15) is 18.2 Å². The van der Waals surface area contributed by atoms with Crippen LogP contribution >= 0.6 is 0 Å². The lowest BCUT2D eigenvalue weighted by atomic mass is 10.0. The van der Waals surface area contributed by atoms with E-state index in [1.165, 1.54) is 12.1 Å². The summed E-state index contributed by atoms with van der Waals surface area (Å²) in [5, 5.41) is 15.3. The van der Waals surface area contributed by atoms with Gasteiger partial charge >= 0.3 is 0 Å². The summed E-state index contributed by atoms with van der Waals surface area (Å²) in [6, 6.07) is 7.14. The van der Waals surface area contributed by atoms with Gasteiger partial charge in [0.05, 0.1) is 0 Å². The molecule has 9 heteroatoms. The Bertz CT molecular complexity index is 829. The Labute approximate surface area is 183 Å². The van der Waals surface area contributed by atoms with Crippen LogP contribution in [-0.4, -0.2) is 65.0 Å². The second-order valence-corrected chi connectivity index (χ2v) is 7.98. The van der Waals surface area contributed by atoms with Crippen molar-refractivity contribution in [2.45, 2.75) is 45.3 Å². The van der Waals surface area contributed by atoms with Crippen molar-refractivity contribution in [1.82, 2.24) is 30.3 Å². The number of nitrogens with zero attached hydrogens (tertiary/aromatic N) is 5. The SMILES string of the molecule is COCCCNC(=NCc1nnc(C)n1C)NC1CCN(Cc2ccc(F)cc2)CC1. The molecule has 0 unspecified atom stereocenters. The maximum absolute atomic E-state index is 13.1. The number of guanidine groups is 1. The van der Waals surface area contributed by atoms with Crippen molar-refractivity contribution < 1.29 is 9.13 Å². The number of likely N-dealkylation sites (tertiary alicyclic amines) is 1. The third-order valence-corrected chi connectivity index (χ3v) is 5.63. The molecule has 2 aromatic rings. The summed E-state index contributed by atoms with van der Waals surface area (Å²) in [6.45, 7) is 6.76. The Hall–Kier alpha value is -2.52. The highest BCUT2D eigenvalue weighted by molar-refractivity contribution is 5.80. The van der Waals surface area contributed by atoms with E-state index in [-0.39, 0.29) is 5.82 Å². The number of hydrogen-bond donors (Lipinski definition) is 2. The zero-order valence-corrected chi connectivity index (χ0v) is 18.8. The van der Waals surface area contributed by atoms with Crippen molar-refractivity contribution in [3.63, 3.8) is 0 Å². The predicted octanol–water partition coefficient (Wildman–Crippen LogP) is 2.00. The van der Waals surface area contributed by atoms with E-state index in [1.807, 2.05) is 30.7 Å². The second kappa shape index (κ2) is 11.8. The van der Waals surface area contributed by atoms with Gasteiger partial charge in [-0.05, 0) is 43.9 Å². The second-order valence-electron chi connectivity index (χ2n) is 7.98. The minimum Gasteiger partial charge on any atom is -0.385 e. The van der Waals surface area contributed by atoms with E-state index in [9.17, 15) is 4.39 Å². The number of ether oxygens (including phenoxy) is 1. The standard InChI is InChI=1S/C22H34FN7O/c1-17-27-28-21(29(17)2)15-25-22(24-11-4-14-31-3)26-20-9-12-30(13-10-20)16-18-5-7-19(23)8-6-18/h5-8,20H,4,9-16H2,1-3H3,(H2,24,25,26). The van der Waals surface area contributed by atoms with Gasteiger partial charge in [-0.2, -0.15) is 0 Å². The molecule has 3 rings (SSSR count). The monoisotopic (exact) mass is 431 g/mol. The molecule has 1 fully saturated rings. The number of hydrogen-bond acceptors (Lipinski definition) is 5. The summed E-state index contributed by atoms with van der Waals surface area (Å²) in [7, 11) is 3.67. The molecule has 1 aromatic heterocycles. The van der Waals surface area contributed by atoms with E-state index < -0.39 is 0 Å². The van der Waals surface area contributed by atoms with Gasteiger partial charge in [-0.15, -0.1) is 10.2 Å². The van der Waals surface area contributed by atoms with Crippen molar-refractivity contribution in [2.75, 3.05) is 33.4 Å². The van der Waals surface area contributed by atoms with Crippen molar-refractivity contribution in [3.8, 4) is 0 Å².